The van der Waals surface area contributed by atoms with Crippen molar-refractivity contribution in [3.63, 3.8) is 0 Å². The van der Waals surface area contributed by atoms with Crippen LogP contribution < -0.4 is 10.1 Å². The van der Waals surface area contributed by atoms with Gasteiger partial charge in [-0.15, -0.1) is 0 Å². The summed E-state index contributed by atoms with van der Waals surface area (Å²) in [6.07, 6.45) is 0. The summed E-state index contributed by atoms with van der Waals surface area (Å²) in [6.45, 7) is 2.31. The molecule has 0 atom stereocenters. The van der Waals surface area contributed by atoms with Gasteiger partial charge in [0, 0.05) is 23.7 Å². The number of hydrogen-bond donors (Lipinski definition) is 1. The summed E-state index contributed by atoms with van der Waals surface area (Å²) in [5.41, 5.74) is 2.72. The second kappa shape index (κ2) is 4.82. The second-order valence-electron chi connectivity index (χ2n) is 4.33. The highest BCUT2D eigenvalue weighted by atomic mass is 16.5. The van der Waals surface area contributed by atoms with Gasteiger partial charge >= 0.3 is 0 Å². The highest BCUT2D eigenvalue weighted by Gasteiger charge is 2.19. The van der Waals surface area contributed by atoms with E-state index in [1.807, 2.05) is 36.7 Å². The number of ketones is 1. The standard InChI is InChI=1S/C14H18N2O2/c1-9-13(11(17)8-15-2)10-6-5-7-12(18-4)14(10)16(9)3/h5-7,15H,8H2,1-4H3. The molecule has 0 amide bonds. The van der Waals surface area contributed by atoms with Crippen LogP contribution in [0, 0.1) is 6.92 Å². The summed E-state index contributed by atoms with van der Waals surface area (Å²) in [7, 11) is 5.38. The summed E-state index contributed by atoms with van der Waals surface area (Å²) in [5.74, 6) is 0.899. The number of aromatic nitrogens is 1. The molecule has 0 radical (unpaired) electrons. The molecule has 4 nitrogen and oxygen atoms in total. The Labute approximate surface area is 107 Å². The average molecular weight is 246 g/mol. The van der Waals surface area contributed by atoms with Crippen LogP contribution in [0.2, 0.25) is 0 Å². The van der Waals surface area contributed by atoms with Crippen molar-refractivity contribution < 1.29 is 9.53 Å². The van der Waals surface area contributed by atoms with E-state index < -0.39 is 0 Å². The SMILES string of the molecule is CNCC(=O)c1c(C)n(C)c2c(OC)cccc12. The van der Waals surface area contributed by atoms with Crippen molar-refractivity contribution in [3.8, 4) is 5.75 Å². The zero-order chi connectivity index (χ0) is 13.3. The van der Waals surface area contributed by atoms with Gasteiger partial charge in [-0.3, -0.25) is 4.79 Å². The number of likely N-dealkylation sites (N-methyl/N-ethyl adjacent to an activating group) is 1. The Morgan fingerprint density at radius 1 is 1.44 bits per heavy atom. The van der Waals surface area contributed by atoms with Crippen LogP contribution >= 0.6 is 0 Å². The molecule has 0 aliphatic rings. The molecular formula is C14H18N2O2. The molecule has 0 bridgehead atoms. The number of benzene rings is 1. The molecule has 0 saturated heterocycles. The maximum absolute atomic E-state index is 12.2. The predicted octanol–water partition coefficient (Wildman–Crippen LogP) is 1.90. The summed E-state index contributed by atoms with van der Waals surface area (Å²) < 4.78 is 7.38. The van der Waals surface area contributed by atoms with Gasteiger partial charge in [-0.2, -0.15) is 0 Å². The first-order valence-electron chi connectivity index (χ1n) is 5.91. The minimum atomic E-state index is 0.105. The van der Waals surface area contributed by atoms with Crippen LogP contribution in [0.25, 0.3) is 10.9 Å². The number of carbonyl (C=O) groups excluding carboxylic acids is 1. The molecule has 0 saturated carbocycles. The molecule has 0 aliphatic heterocycles. The maximum atomic E-state index is 12.2. The van der Waals surface area contributed by atoms with Gasteiger partial charge in [0.2, 0.25) is 0 Å². The number of aryl methyl sites for hydroxylation is 1. The number of para-hydroxylation sites is 1. The monoisotopic (exact) mass is 246 g/mol. The minimum absolute atomic E-state index is 0.105. The molecule has 1 aromatic carbocycles. The van der Waals surface area contributed by atoms with Gasteiger partial charge in [-0.25, -0.2) is 0 Å². The number of carbonyl (C=O) groups is 1. The van der Waals surface area contributed by atoms with Gasteiger partial charge < -0.3 is 14.6 Å². The summed E-state index contributed by atoms with van der Waals surface area (Å²) >= 11 is 0. The van der Waals surface area contributed by atoms with Crippen LogP contribution in [0.3, 0.4) is 0 Å². The Hall–Kier alpha value is -1.81. The van der Waals surface area contributed by atoms with Crippen molar-refractivity contribution >= 4 is 16.7 Å². The molecule has 1 N–H and O–H groups in total. The third-order valence-electron chi connectivity index (χ3n) is 3.30. The molecule has 2 aromatic rings. The van der Waals surface area contributed by atoms with Crippen LogP contribution in [-0.4, -0.2) is 31.1 Å². The maximum Gasteiger partial charge on any atom is 0.179 e. The quantitative estimate of drug-likeness (QED) is 0.838. The first-order chi connectivity index (χ1) is 8.61. The first kappa shape index (κ1) is 12.6. The van der Waals surface area contributed by atoms with Gasteiger partial charge in [0.25, 0.3) is 0 Å². The molecule has 2 rings (SSSR count). The Morgan fingerprint density at radius 3 is 2.78 bits per heavy atom. The lowest BCUT2D eigenvalue weighted by molar-refractivity contribution is 0.0994. The Bertz CT molecular complexity index is 599. The molecule has 0 aliphatic carbocycles. The van der Waals surface area contributed by atoms with E-state index in [0.717, 1.165) is 27.9 Å². The highest BCUT2D eigenvalue weighted by Crippen LogP contribution is 2.31. The lowest BCUT2D eigenvalue weighted by Gasteiger charge is -2.04. The van der Waals surface area contributed by atoms with Crippen molar-refractivity contribution in [2.24, 2.45) is 7.05 Å². The largest absolute Gasteiger partial charge is 0.495 e. The number of fused-ring (bicyclic) bond motifs is 1. The van der Waals surface area contributed by atoms with E-state index in [9.17, 15) is 4.79 Å². The van der Waals surface area contributed by atoms with Crippen molar-refractivity contribution in [2.45, 2.75) is 6.92 Å². The van der Waals surface area contributed by atoms with E-state index in [-0.39, 0.29) is 5.78 Å². The van der Waals surface area contributed by atoms with E-state index in [0.29, 0.717) is 6.54 Å². The minimum Gasteiger partial charge on any atom is -0.495 e. The Balaban J connectivity index is 2.75. The normalized spacial score (nSPS) is 10.9. The van der Waals surface area contributed by atoms with Crippen LogP contribution in [-0.2, 0) is 7.05 Å². The zero-order valence-corrected chi connectivity index (χ0v) is 11.2. The van der Waals surface area contributed by atoms with Gasteiger partial charge in [0.15, 0.2) is 5.78 Å². The van der Waals surface area contributed by atoms with Crippen molar-refractivity contribution in [3.05, 3.63) is 29.5 Å². The third kappa shape index (κ3) is 1.78. The summed E-state index contributed by atoms with van der Waals surface area (Å²) in [4.78, 5) is 12.2. The predicted molar refractivity (Wildman–Crippen MR) is 72.5 cm³/mol. The van der Waals surface area contributed by atoms with Crippen LogP contribution in [0.15, 0.2) is 18.2 Å². The summed E-state index contributed by atoms with van der Waals surface area (Å²) in [5, 5.41) is 3.86. The van der Waals surface area contributed by atoms with E-state index >= 15 is 0 Å². The molecule has 18 heavy (non-hydrogen) atoms. The van der Waals surface area contributed by atoms with E-state index in [1.165, 1.54) is 0 Å². The van der Waals surface area contributed by atoms with Gasteiger partial charge in [0.1, 0.15) is 5.75 Å². The van der Waals surface area contributed by atoms with Crippen LogP contribution in [0.4, 0.5) is 0 Å². The molecule has 4 heteroatoms. The number of nitrogens with zero attached hydrogens (tertiary/aromatic N) is 1. The van der Waals surface area contributed by atoms with Crippen LogP contribution in [0.5, 0.6) is 5.75 Å². The van der Waals surface area contributed by atoms with Gasteiger partial charge in [0.05, 0.1) is 19.2 Å². The molecular weight excluding hydrogens is 228 g/mol. The van der Waals surface area contributed by atoms with Crippen LogP contribution in [0.1, 0.15) is 16.1 Å². The third-order valence-corrected chi connectivity index (χ3v) is 3.30. The summed E-state index contributed by atoms with van der Waals surface area (Å²) in [6, 6.07) is 5.79. The molecule has 0 unspecified atom stereocenters. The average Bonchev–Trinajstić information content (AvgIpc) is 2.62. The number of rotatable bonds is 4. The molecule has 96 valence electrons. The molecule has 1 aromatic heterocycles. The van der Waals surface area contributed by atoms with E-state index in [1.54, 1.807) is 14.2 Å². The number of Topliss-reactive ketones (excluding diaryl/α,β-unsaturated/α-hetero) is 1. The highest BCUT2D eigenvalue weighted by molar-refractivity contribution is 6.11. The topological polar surface area (TPSA) is 43.3 Å². The molecule has 0 spiro atoms. The number of nitrogens with one attached hydrogen (secondary N) is 1. The number of hydrogen-bond acceptors (Lipinski definition) is 3. The lowest BCUT2D eigenvalue weighted by Crippen LogP contribution is -2.19. The van der Waals surface area contributed by atoms with E-state index in [4.69, 9.17) is 4.74 Å². The fourth-order valence-electron chi connectivity index (χ4n) is 2.37. The molecule has 0 fully saturated rings. The van der Waals surface area contributed by atoms with E-state index in [2.05, 4.69) is 5.32 Å². The fourth-order valence-corrected chi connectivity index (χ4v) is 2.37. The number of ether oxygens (including phenoxy) is 1. The lowest BCUT2D eigenvalue weighted by atomic mass is 10.1. The van der Waals surface area contributed by atoms with Gasteiger partial charge in [-0.05, 0) is 20.0 Å². The number of methoxy groups -OCH3 is 1. The second-order valence-corrected chi connectivity index (χ2v) is 4.33. The zero-order valence-electron chi connectivity index (χ0n) is 11.2. The van der Waals surface area contributed by atoms with Crippen molar-refractivity contribution in [2.75, 3.05) is 20.7 Å². The Morgan fingerprint density at radius 2 is 2.17 bits per heavy atom. The first-order valence-corrected chi connectivity index (χ1v) is 5.91. The van der Waals surface area contributed by atoms with Crippen molar-refractivity contribution in [1.29, 1.82) is 0 Å². The Kier molecular flexibility index (Phi) is 3.39. The molecule has 1 heterocycles. The van der Waals surface area contributed by atoms with Crippen molar-refractivity contribution in [1.82, 2.24) is 9.88 Å². The van der Waals surface area contributed by atoms with Gasteiger partial charge in [-0.1, -0.05) is 12.1 Å². The fraction of sp³-hybridized carbons (Fsp3) is 0.357. The smallest absolute Gasteiger partial charge is 0.179 e.